The third-order valence-electron chi connectivity index (χ3n) is 2.41. The van der Waals surface area contributed by atoms with E-state index in [2.05, 4.69) is 17.6 Å². The van der Waals surface area contributed by atoms with Gasteiger partial charge in [0.1, 0.15) is 5.82 Å². The van der Waals surface area contributed by atoms with Crippen LogP contribution in [0.2, 0.25) is 0 Å². The van der Waals surface area contributed by atoms with Gasteiger partial charge < -0.3 is 10.6 Å². The first-order chi connectivity index (χ1) is 7.83. The molecule has 0 aliphatic rings. The number of hydrogen-bond donors (Lipinski definition) is 2. The molecular formula is C13H21FN2. The summed E-state index contributed by atoms with van der Waals surface area (Å²) in [6.07, 6.45) is 2.13. The van der Waals surface area contributed by atoms with E-state index in [-0.39, 0.29) is 5.82 Å². The first-order valence-electron chi connectivity index (χ1n) is 5.99. The minimum Gasteiger partial charge on any atom is -0.315 e. The number of halogens is 1. The van der Waals surface area contributed by atoms with Gasteiger partial charge >= 0.3 is 0 Å². The van der Waals surface area contributed by atoms with E-state index in [0.29, 0.717) is 0 Å². The number of rotatable bonds is 8. The number of hydrogen-bond acceptors (Lipinski definition) is 2. The van der Waals surface area contributed by atoms with E-state index < -0.39 is 0 Å². The van der Waals surface area contributed by atoms with Crippen LogP contribution in [0.4, 0.5) is 4.39 Å². The fraction of sp³-hybridized carbons (Fsp3) is 0.538. The molecule has 90 valence electrons. The highest BCUT2D eigenvalue weighted by atomic mass is 19.1. The SMILES string of the molecule is CCCNCCNCCc1ccc(F)cc1. The maximum Gasteiger partial charge on any atom is 0.123 e. The molecule has 0 unspecified atom stereocenters. The van der Waals surface area contributed by atoms with Gasteiger partial charge in [-0.05, 0) is 43.6 Å². The quantitative estimate of drug-likeness (QED) is 0.660. The largest absolute Gasteiger partial charge is 0.315 e. The van der Waals surface area contributed by atoms with Crippen molar-refractivity contribution in [1.29, 1.82) is 0 Å². The Morgan fingerprint density at radius 2 is 1.56 bits per heavy atom. The molecule has 0 heterocycles. The van der Waals surface area contributed by atoms with Crippen molar-refractivity contribution in [3.8, 4) is 0 Å². The molecule has 1 aromatic rings. The van der Waals surface area contributed by atoms with E-state index >= 15 is 0 Å². The molecule has 0 aliphatic heterocycles. The van der Waals surface area contributed by atoms with Crippen molar-refractivity contribution in [3.63, 3.8) is 0 Å². The predicted molar refractivity (Wildman–Crippen MR) is 66.1 cm³/mol. The molecule has 0 bridgehead atoms. The van der Waals surface area contributed by atoms with Gasteiger partial charge in [0.15, 0.2) is 0 Å². The Kier molecular flexibility index (Phi) is 6.77. The topological polar surface area (TPSA) is 24.1 Å². The highest BCUT2D eigenvalue weighted by Gasteiger charge is 1.93. The second kappa shape index (κ2) is 8.25. The molecule has 3 heteroatoms. The molecule has 0 amide bonds. The van der Waals surface area contributed by atoms with Gasteiger partial charge in [-0.3, -0.25) is 0 Å². The van der Waals surface area contributed by atoms with E-state index in [1.165, 1.54) is 24.1 Å². The van der Waals surface area contributed by atoms with Crippen LogP contribution in [0.5, 0.6) is 0 Å². The summed E-state index contributed by atoms with van der Waals surface area (Å²) >= 11 is 0. The monoisotopic (exact) mass is 224 g/mol. The average Bonchev–Trinajstić information content (AvgIpc) is 2.30. The van der Waals surface area contributed by atoms with Crippen LogP contribution < -0.4 is 10.6 Å². The molecular weight excluding hydrogens is 203 g/mol. The lowest BCUT2D eigenvalue weighted by molar-refractivity contribution is 0.605. The molecule has 0 atom stereocenters. The van der Waals surface area contributed by atoms with Crippen LogP contribution in [0.25, 0.3) is 0 Å². The Hall–Kier alpha value is -0.930. The highest BCUT2D eigenvalue weighted by Crippen LogP contribution is 2.02. The standard InChI is InChI=1S/C13H21FN2/c1-2-8-15-10-11-16-9-7-12-3-5-13(14)6-4-12/h3-6,15-16H,2,7-11H2,1H3. The summed E-state index contributed by atoms with van der Waals surface area (Å²) in [5.74, 6) is -0.166. The van der Waals surface area contributed by atoms with Crippen LogP contribution in [-0.2, 0) is 6.42 Å². The van der Waals surface area contributed by atoms with Crippen molar-refractivity contribution < 1.29 is 4.39 Å². The third kappa shape index (κ3) is 5.83. The van der Waals surface area contributed by atoms with Crippen LogP contribution in [0.3, 0.4) is 0 Å². The number of benzene rings is 1. The van der Waals surface area contributed by atoms with E-state index in [4.69, 9.17) is 0 Å². The summed E-state index contributed by atoms with van der Waals surface area (Å²) in [5.41, 5.74) is 1.18. The number of nitrogens with one attached hydrogen (secondary N) is 2. The van der Waals surface area contributed by atoms with Crippen molar-refractivity contribution in [3.05, 3.63) is 35.6 Å². The minimum absolute atomic E-state index is 0.166. The molecule has 0 spiro atoms. The van der Waals surface area contributed by atoms with Crippen molar-refractivity contribution in [2.75, 3.05) is 26.2 Å². The van der Waals surface area contributed by atoms with E-state index in [1.54, 1.807) is 0 Å². The normalized spacial score (nSPS) is 10.6. The Labute approximate surface area is 97.3 Å². The second-order valence-corrected chi connectivity index (χ2v) is 3.88. The summed E-state index contributed by atoms with van der Waals surface area (Å²) in [6.45, 7) is 6.19. The van der Waals surface area contributed by atoms with Crippen LogP contribution in [0.15, 0.2) is 24.3 Å². The van der Waals surface area contributed by atoms with Crippen LogP contribution >= 0.6 is 0 Å². The first kappa shape index (κ1) is 13.1. The second-order valence-electron chi connectivity index (χ2n) is 3.88. The van der Waals surface area contributed by atoms with Crippen LogP contribution in [0, 0.1) is 5.82 Å². The van der Waals surface area contributed by atoms with E-state index in [0.717, 1.165) is 32.6 Å². The Morgan fingerprint density at radius 3 is 2.19 bits per heavy atom. The summed E-state index contributed by atoms with van der Waals surface area (Å²) in [5, 5.41) is 6.68. The smallest absolute Gasteiger partial charge is 0.123 e. The van der Waals surface area contributed by atoms with Gasteiger partial charge in [0, 0.05) is 13.1 Å². The average molecular weight is 224 g/mol. The summed E-state index contributed by atoms with van der Waals surface area (Å²) in [7, 11) is 0. The lowest BCUT2D eigenvalue weighted by Crippen LogP contribution is -2.29. The minimum atomic E-state index is -0.166. The van der Waals surface area contributed by atoms with Gasteiger partial charge in [-0.25, -0.2) is 4.39 Å². The molecule has 2 N–H and O–H groups in total. The van der Waals surface area contributed by atoms with Crippen molar-refractivity contribution >= 4 is 0 Å². The summed E-state index contributed by atoms with van der Waals surface area (Å²) in [4.78, 5) is 0. The highest BCUT2D eigenvalue weighted by molar-refractivity contribution is 5.16. The predicted octanol–water partition coefficient (Wildman–Crippen LogP) is 1.96. The fourth-order valence-corrected chi connectivity index (χ4v) is 1.49. The molecule has 0 saturated heterocycles. The van der Waals surface area contributed by atoms with Gasteiger partial charge in [-0.1, -0.05) is 19.1 Å². The lowest BCUT2D eigenvalue weighted by Gasteiger charge is -2.05. The molecule has 0 radical (unpaired) electrons. The van der Waals surface area contributed by atoms with Crippen molar-refractivity contribution in [2.45, 2.75) is 19.8 Å². The Bertz CT molecular complexity index is 272. The fourth-order valence-electron chi connectivity index (χ4n) is 1.49. The maximum absolute atomic E-state index is 12.6. The third-order valence-corrected chi connectivity index (χ3v) is 2.41. The molecule has 0 fully saturated rings. The van der Waals surface area contributed by atoms with Crippen molar-refractivity contribution in [1.82, 2.24) is 10.6 Å². The van der Waals surface area contributed by atoms with Gasteiger partial charge in [0.25, 0.3) is 0 Å². The molecule has 0 aromatic heterocycles. The van der Waals surface area contributed by atoms with Gasteiger partial charge in [0.2, 0.25) is 0 Å². The molecule has 1 aromatic carbocycles. The van der Waals surface area contributed by atoms with Gasteiger partial charge in [-0.2, -0.15) is 0 Å². The summed E-state index contributed by atoms with van der Waals surface area (Å²) in [6, 6.07) is 6.70. The van der Waals surface area contributed by atoms with Gasteiger partial charge in [0.05, 0.1) is 0 Å². The maximum atomic E-state index is 12.6. The van der Waals surface area contributed by atoms with E-state index in [9.17, 15) is 4.39 Å². The Morgan fingerprint density at radius 1 is 0.938 bits per heavy atom. The Balaban J connectivity index is 2.01. The van der Waals surface area contributed by atoms with E-state index in [1.807, 2.05) is 12.1 Å². The zero-order chi connectivity index (χ0) is 11.6. The lowest BCUT2D eigenvalue weighted by atomic mass is 10.1. The van der Waals surface area contributed by atoms with Crippen LogP contribution in [-0.4, -0.2) is 26.2 Å². The molecule has 16 heavy (non-hydrogen) atoms. The van der Waals surface area contributed by atoms with Gasteiger partial charge in [-0.15, -0.1) is 0 Å². The zero-order valence-electron chi connectivity index (χ0n) is 9.93. The zero-order valence-corrected chi connectivity index (χ0v) is 9.93. The van der Waals surface area contributed by atoms with Crippen LogP contribution in [0.1, 0.15) is 18.9 Å². The molecule has 0 aliphatic carbocycles. The molecule has 1 rings (SSSR count). The van der Waals surface area contributed by atoms with Crippen molar-refractivity contribution in [2.24, 2.45) is 0 Å². The molecule has 0 saturated carbocycles. The first-order valence-corrected chi connectivity index (χ1v) is 5.99. The molecule has 2 nitrogen and oxygen atoms in total. The summed E-state index contributed by atoms with van der Waals surface area (Å²) < 4.78 is 12.6.